The molecule has 1 N–H and O–H groups in total. The Morgan fingerprint density at radius 2 is 1.82 bits per heavy atom. The molecule has 1 heterocycles. The van der Waals surface area contributed by atoms with Crippen molar-refractivity contribution in [3.8, 4) is 23.1 Å². The molecule has 12 nitrogen and oxygen atoms in total. The number of carbonyl (C=O) groups excluding carboxylic acids is 1. The van der Waals surface area contributed by atoms with Crippen molar-refractivity contribution in [1.29, 1.82) is 0 Å². The summed E-state index contributed by atoms with van der Waals surface area (Å²) in [6.07, 6.45) is 0. The summed E-state index contributed by atoms with van der Waals surface area (Å²) in [5, 5.41) is 14.4. The maximum atomic E-state index is 14.5. The second-order valence-electron chi connectivity index (χ2n) is 7.56. The lowest BCUT2D eigenvalue weighted by molar-refractivity contribution is -0.385. The number of anilines is 2. The summed E-state index contributed by atoms with van der Waals surface area (Å²) in [6.45, 7) is 2.20. The Morgan fingerprint density at radius 3 is 2.46 bits per heavy atom. The monoisotopic (exact) mass is 568 g/mol. The summed E-state index contributed by atoms with van der Waals surface area (Å²) in [5.41, 5.74) is -0.731. The van der Waals surface area contributed by atoms with Crippen LogP contribution in [0.4, 0.5) is 26.0 Å². The van der Waals surface area contributed by atoms with Gasteiger partial charge in [0.05, 0.1) is 42.0 Å². The fraction of sp³-hybridized carbons (Fsp3) is 0.292. The van der Waals surface area contributed by atoms with Crippen LogP contribution in [0.5, 0.6) is 23.1 Å². The summed E-state index contributed by atoms with van der Waals surface area (Å²) in [5.74, 6) is -3.47. The molecule has 0 aliphatic carbocycles. The van der Waals surface area contributed by atoms with Gasteiger partial charge in [0.2, 0.25) is 5.82 Å². The predicted molar refractivity (Wildman–Crippen MR) is 134 cm³/mol. The van der Waals surface area contributed by atoms with Gasteiger partial charge < -0.3 is 29.0 Å². The fourth-order valence-electron chi connectivity index (χ4n) is 3.31. The van der Waals surface area contributed by atoms with E-state index >= 15 is 0 Å². The van der Waals surface area contributed by atoms with Crippen LogP contribution in [-0.4, -0.2) is 48.3 Å². The van der Waals surface area contributed by atoms with E-state index in [1.54, 1.807) is 6.92 Å². The van der Waals surface area contributed by atoms with Crippen LogP contribution in [0.1, 0.15) is 18.3 Å². The van der Waals surface area contributed by atoms with E-state index in [0.29, 0.717) is 0 Å². The number of halogens is 3. The Hall–Kier alpha value is -4.46. The zero-order valence-corrected chi connectivity index (χ0v) is 21.9. The SMILES string of the molecule is CCOC(=O)COc1cc(Cl)c(Nc2nc(C)nc(OC)c2[N+](=O)[O-])cc1OCc1c(OC)ccc(F)c1F. The summed E-state index contributed by atoms with van der Waals surface area (Å²) in [7, 11) is 2.49. The van der Waals surface area contributed by atoms with Gasteiger partial charge in [-0.3, -0.25) is 10.1 Å². The highest BCUT2D eigenvalue weighted by atomic mass is 35.5. The zero-order valence-electron chi connectivity index (χ0n) is 21.2. The van der Waals surface area contributed by atoms with Crippen molar-refractivity contribution in [2.45, 2.75) is 20.5 Å². The number of aryl methyl sites for hydroxylation is 1. The number of esters is 1. The van der Waals surface area contributed by atoms with Gasteiger partial charge in [-0.15, -0.1) is 0 Å². The number of hydrogen-bond acceptors (Lipinski definition) is 11. The van der Waals surface area contributed by atoms with Crippen molar-refractivity contribution in [2.75, 3.05) is 32.8 Å². The maximum absolute atomic E-state index is 14.5. The molecular weight excluding hydrogens is 546 g/mol. The minimum Gasteiger partial charge on any atom is -0.496 e. The molecule has 0 unspecified atom stereocenters. The molecule has 0 aliphatic rings. The van der Waals surface area contributed by atoms with Crippen molar-refractivity contribution >= 4 is 34.8 Å². The van der Waals surface area contributed by atoms with E-state index in [4.69, 9.17) is 35.3 Å². The molecule has 2 aromatic carbocycles. The highest BCUT2D eigenvalue weighted by Crippen LogP contribution is 2.41. The molecule has 3 rings (SSSR count). The van der Waals surface area contributed by atoms with Crippen molar-refractivity contribution < 1.29 is 42.2 Å². The third-order valence-corrected chi connectivity index (χ3v) is 5.33. The number of methoxy groups -OCH3 is 2. The van der Waals surface area contributed by atoms with Crippen LogP contribution < -0.4 is 24.3 Å². The maximum Gasteiger partial charge on any atom is 0.373 e. The minimum atomic E-state index is -1.19. The molecule has 0 aliphatic heterocycles. The average molecular weight is 569 g/mol. The Kier molecular flexibility index (Phi) is 9.60. The van der Waals surface area contributed by atoms with Gasteiger partial charge in [-0.1, -0.05) is 11.6 Å². The number of carbonyl (C=O) groups is 1. The number of hydrogen-bond donors (Lipinski definition) is 1. The van der Waals surface area contributed by atoms with Gasteiger partial charge in [0.25, 0.3) is 5.88 Å². The zero-order chi connectivity index (χ0) is 28.7. The van der Waals surface area contributed by atoms with E-state index < -0.39 is 41.4 Å². The van der Waals surface area contributed by atoms with Gasteiger partial charge in [0.15, 0.2) is 29.7 Å². The fourth-order valence-corrected chi connectivity index (χ4v) is 3.51. The molecule has 0 bridgehead atoms. The first kappa shape index (κ1) is 29.1. The Morgan fingerprint density at radius 1 is 1.10 bits per heavy atom. The highest BCUT2D eigenvalue weighted by Gasteiger charge is 2.26. The number of nitrogens with one attached hydrogen (secondary N) is 1. The lowest BCUT2D eigenvalue weighted by Crippen LogP contribution is -2.15. The van der Waals surface area contributed by atoms with E-state index in [1.807, 2.05) is 0 Å². The molecule has 1 aromatic heterocycles. The molecule has 0 fully saturated rings. The van der Waals surface area contributed by atoms with Crippen LogP contribution >= 0.6 is 11.6 Å². The minimum absolute atomic E-state index is 0.0137. The normalized spacial score (nSPS) is 10.5. The van der Waals surface area contributed by atoms with Crippen molar-refractivity contribution in [3.05, 3.63) is 62.4 Å². The second-order valence-corrected chi connectivity index (χ2v) is 7.97. The molecule has 39 heavy (non-hydrogen) atoms. The largest absolute Gasteiger partial charge is 0.496 e. The van der Waals surface area contributed by atoms with Gasteiger partial charge in [0, 0.05) is 12.1 Å². The summed E-state index contributed by atoms with van der Waals surface area (Å²) in [6, 6.07) is 4.67. The Bertz CT molecular complexity index is 1390. The topological polar surface area (TPSA) is 144 Å². The lowest BCUT2D eigenvalue weighted by Gasteiger charge is -2.17. The van der Waals surface area contributed by atoms with Gasteiger partial charge in [-0.05, 0) is 26.0 Å². The number of aromatic nitrogens is 2. The number of nitrogens with zero attached hydrogens (tertiary/aromatic N) is 3. The van der Waals surface area contributed by atoms with Crippen LogP contribution in [0, 0.1) is 28.7 Å². The first-order valence-electron chi connectivity index (χ1n) is 11.2. The summed E-state index contributed by atoms with van der Waals surface area (Å²) < 4.78 is 54.5. The molecular formula is C24H23ClF2N4O8. The molecule has 3 aromatic rings. The van der Waals surface area contributed by atoms with Crippen molar-refractivity contribution in [3.63, 3.8) is 0 Å². The van der Waals surface area contributed by atoms with Crippen molar-refractivity contribution in [2.24, 2.45) is 0 Å². The Labute approximate surface area is 225 Å². The van der Waals surface area contributed by atoms with E-state index in [-0.39, 0.29) is 57.7 Å². The number of rotatable bonds is 12. The van der Waals surface area contributed by atoms with E-state index in [2.05, 4.69) is 15.3 Å². The number of benzene rings is 2. The lowest BCUT2D eigenvalue weighted by atomic mass is 10.2. The molecule has 0 saturated carbocycles. The summed E-state index contributed by atoms with van der Waals surface area (Å²) in [4.78, 5) is 30.8. The Balaban J connectivity index is 2.04. The van der Waals surface area contributed by atoms with E-state index in [0.717, 1.165) is 6.07 Å². The van der Waals surface area contributed by atoms with Crippen LogP contribution in [0.2, 0.25) is 5.02 Å². The average Bonchev–Trinajstić information content (AvgIpc) is 2.89. The quantitative estimate of drug-likeness (QED) is 0.181. The molecule has 15 heteroatoms. The van der Waals surface area contributed by atoms with Crippen LogP contribution in [0.25, 0.3) is 0 Å². The standard InChI is InChI=1S/C24H23ClF2N4O8/c1-5-37-20(32)11-39-18-8-14(25)16(30-23-22(31(33)34)24(36-4)29-12(2)28-23)9-19(18)38-10-13-17(35-3)7-6-15(26)21(13)27/h6-9H,5,10-11H2,1-4H3,(H,28,29,30). The van der Waals surface area contributed by atoms with Gasteiger partial charge >= 0.3 is 11.7 Å². The molecule has 0 spiro atoms. The highest BCUT2D eigenvalue weighted by molar-refractivity contribution is 6.33. The first-order valence-corrected chi connectivity index (χ1v) is 11.6. The van der Waals surface area contributed by atoms with E-state index in [9.17, 15) is 23.7 Å². The molecule has 0 amide bonds. The van der Waals surface area contributed by atoms with E-state index in [1.165, 1.54) is 39.3 Å². The van der Waals surface area contributed by atoms with Crippen LogP contribution in [-0.2, 0) is 16.1 Å². The van der Waals surface area contributed by atoms with Crippen LogP contribution in [0.15, 0.2) is 24.3 Å². The third kappa shape index (κ3) is 6.90. The van der Waals surface area contributed by atoms with Crippen LogP contribution in [0.3, 0.4) is 0 Å². The third-order valence-electron chi connectivity index (χ3n) is 5.02. The summed E-state index contributed by atoms with van der Waals surface area (Å²) >= 11 is 6.40. The molecule has 0 radical (unpaired) electrons. The predicted octanol–water partition coefficient (Wildman–Crippen LogP) is 4.91. The second kappa shape index (κ2) is 12.9. The first-order chi connectivity index (χ1) is 18.6. The molecule has 0 saturated heterocycles. The molecule has 208 valence electrons. The van der Waals surface area contributed by atoms with Gasteiger partial charge in [-0.25, -0.2) is 18.6 Å². The van der Waals surface area contributed by atoms with Gasteiger partial charge in [0.1, 0.15) is 18.2 Å². The number of nitro groups is 1. The smallest absolute Gasteiger partial charge is 0.373 e. The van der Waals surface area contributed by atoms with Gasteiger partial charge in [-0.2, -0.15) is 4.98 Å². The number of ether oxygens (including phenoxy) is 5. The van der Waals surface area contributed by atoms with Crippen molar-refractivity contribution in [1.82, 2.24) is 9.97 Å². The molecule has 0 atom stereocenters.